The van der Waals surface area contributed by atoms with Gasteiger partial charge in [0.25, 0.3) is 0 Å². The van der Waals surface area contributed by atoms with E-state index >= 15 is 0 Å². The number of fused-ring (bicyclic) bond motifs is 1. The summed E-state index contributed by atoms with van der Waals surface area (Å²) in [5.74, 6) is -0.00126. The van der Waals surface area contributed by atoms with Gasteiger partial charge < -0.3 is 4.90 Å². The Kier molecular flexibility index (Phi) is 3.73. The first-order valence-electron chi connectivity index (χ1n) is 7.25. The Bertz CT molecular complexity index is 695. The van der Waals surface area contributed by atoms with Gasteiger partial charge >= 0.3 is 0 Å². The summed E-state index contributed by atoms with van der Waals surface area (Å²) in [7, 11) is 0. The SMILES string of the molecule is CC(=O)c1ccc(N2c3ccccc3CCC2C)cc1Cl. The van der Waals surface area contributed by atoms with Gasteiger partial charge in [0, 0.05) is 23.0 Å². The number of rotatable bonds is 2. The number of halogens is 1. The second kappa shape index (κ2) is 5.53. The van der Waals surface area contributed by atoms with Gasteiger partial charge in [0.15, 0.2) is 5.78 Å². The maximum Gasteiger partial charge on any atom is 0.161 e. The molecule has 0 spiro atoms. The van der Waals surface area contributed by atoms with Crippen LogP contribution in [-0.2, 0) is 6.42 Å². The van der Waals surface area contributed by atoms with Crippen LogP contribution in [0.25, 0.3) is 0 Å². The van der Waals surface area contributed by atoms with Crippen molar-refractivity contribution in [2.24, 2.45) is 0 Å². The molecule has 21 heavy (non-hydrogen) atoms. The number of carbonyl (C=O) groups is 1. The zero-order valence-electron chi connectivity index (χ0n) is 12.3. The molecular formula is C18H18ClNO. The minimum absolute atomic E-state index is 0.00126. The number of nitrogens with zero attached hydrogens (tertiary/aromatic N) is 1. The van der Waals surface area contributed by atoms with Crippen LogP contribution in [0, 0.1) is 0 Å². The quantitative estimate of drug-likeness (QED) is 0.726. The molecule has 108 valence electrons. The molecule has 0 aliphatic carbocycles. The van der Waals surface area contributed by atoms with Crippen molar-refractivity contribution in [1.82, 2.24) is 0 Å². The lowest BCUT2D eigenvalue weighted by molar-refractivity contribution is 0.101. The second-order valence-electron chi connectivity index (χ2n) is 5.61. The number of Topliss-reactive ketones (excluding diaryl/α,β-unsaturated/α-hetero) is 1. The number of benzene rings is 2. The predicted molar refractivity (Wildman–Crippen MR) is 87.8 cm³/mol. The predicted octanol–water partition coefficient (Wildman–Crippen LogP) is 5.02. The molecule has 0 amide bonds. The van der Waals surface area contributed by atoms with Gasteiger partial charge in [0.2, 0.25) is 0 Å². The molecule has 0 saturated carbocycles. The Morgan fingerprint density at radius 1 is 1.24 bits per heavy atom. The van der Waals surface area contributed by atoms with Gasteiger partial charge in [-0.1, -0.05) is 29.8 Å². The number of aryl methyl sites for hydroxylation is 1. The summed E-state index contributed by atoms with van der Waals surface area (Å²) in [5.41, 5.74) is 4.23. The highest BCUT2D eigenvalue weighted by atomic mass is 35.5. The molecule has 0 aromatic heterocycles. The summed E-state index contributed by atoms with van der Waals surface area (Å²) in [6, 6.07) is 14.6. The number of anilines is 2. The molecule has 3 rings (SSSR count). The van der Waals surface area contributed by atoms with Crippen molar-refractivity contribution in [2.45, 2.75) is 32.7 Å². The van der Waals surface area contributed by atoms with Crippen molar-refractivity contribution < 1.29 is 4.79 Å². The molecule has 1 atom stereocenters. The monoisotopic (exact) mass is 299 g/mol. The molecule has 2 aromatic rings. The first-order chi connectivity index (χ1) is 10.1. The summed E-state index contributed by atoms with van der Waals surface area (Å²) in [4.78, 5) is 13.8. The van der Waals surface area contributed by atoms with Crippen molar-refractivity contribution in [3.05, 3.63) is 58.6 Å². The van der Waals surface area contributed by atoms with Crippen molar-refractivity contribution in [1.29, 1.82) is 0 Å². The zero-order valence-corrected chi connectivity index (χ0v) is 13.0. The maximum absolute atomic E-state index is 11.5. The Labute approximate surface area is 130 Å². The molecule has 0 saturated heterocycles. The van der Waals surface area contributed by atoms with Crippen LogP contribution in [-0.4, -0.2) is 11.8 Å². The fraction of sp³-hybridized carbons (Fsp3) is 0.278. The highest BCUT2D eigenvalue weighted by Gasteiger charge is 2.24. The van der Waals surface area contributed by atoms with E-state index in [0.29, 0.717) is 16.6 Å². The van der Waals surface area contributed by atoms with Gasteiger partial charge in [0.05, 0.1) is 5.02 Å². The minimum atomic E-state index is -0.00126. The molecule has 3 heteroatoms. The summed E-state index contributed by atoms with van der Waals surface area (Å²) < 4.78 is 0. The third-order valence-corrected chi connectivity index (χ3v) is 4.45. The van der Waals surface area contributed by atoms with Crippen LogP contribution in [0.15, 0.2) is 42.5 Å². The molecule has 0 bridgehead atoms. The van der Waals surface area contributed by atoms with Gasteiger partial charge in [-0.3, -0.25) is 4.79 Å². The molecule has 0 N–H and O–H groups in total. The lowest BCUT2D eigenvalue weighted by Crippen LogP contribution is -2.33. The fourth-order valence-corrected chi connectivity index (χ4v) is 3.33. The Balaban J connectivity index is 2.07. The average molecular weight is 300 g/mol. The van der Waals surface area contributed by atoms with Crippen LogP contribution in [0.1, 0.15) is 36.2 Å². The lowest BCUT2D eigenvalue weighted by Gasteiger charge is -2.37. The Morgan fingerprint density at radius 2 is 2.00 bits per heavy atom. The number of ketones is 1. The normalized spacial score (nSPS) is 17.5. The third kappa shape index (κ3) is 2.56. The van der Waals surface area contributed by atoms with Crippen molar-refractivity contribution in [3.8, 4) is 0 Å². The molecule has 0 fully saturated rings. The number of carbonyl (C=O) groups excluding carboxylic acids is 1. The molecule has 1 unspecified atom stereocenters. The molecule has 1 heterocycles. The Morgan fingerprint density at radius 3 is 2.71 bits per heavy atom. The molecule has 2 aromatic carbocycles. The van der Waals surface area contributed by atoms with E-state index in [1.807, 2.05) is 18.2 Å². The van der Waals surface area contributed by atoms with Crippen LogP contribution in [0.5, 0.6) is 0 Å². The van der Waals surface area contributed by atoms with Crippen molar-refractivity contribution >= 4 is 28.8 Å². The molecule has 2 nitrogen and oxygen atoms in total. The van der Waals surface area contributed by atoms with Crippen LogP contribution in [0.4, 0.5) is 11.4 Å². The van der Waals surface area contributed by atoms with E-state index in [2.05, 4.69) is 36.1 Å². The number of hydrogen-bond acceptors (Lipinski definition) is 2. The highest BCUT2D eigenvalue weighted by Crippen LogP contribution is 2.38. The number of para-hydroxylation sites is 1. The van der Waals surface area contributed by atoms with Gasteiger partial charge in [-0.15, -0.1) is 0 Å². The number of hydrogen-bond donors (Lipinski definition) is 0. The van der Waals surface area contributed by atoms with Gasteiger partial charge in [0.1, 0.15) is 0 Å². The average Bonchev–Trinajstić information content (AvgIpc) is 2.46. The van der Waals surface area contributed by atoms with Gasteiger partial charge in [-0.05, 0) is 56.5 Å². The standard InChI is InChI=1S/C18H18ClNO/c1-12-7-8-14-5-3-4-6-18(14)20(12)15-9-10-16(13(2)21)17(19)11-15/h3-6,9-12H,7-8H2,1-2H3. The van der Waals surface area contributed by atoms with Crippen LogP contribution in [0.2, 0.25) is 5.02 Å². The zero-order chi connectivity index (χ0) is 15.0. The first-order valence-corrected chi connectivity index (χ1v) is 7.63. The highest BCUT2D eigenvalue weighted by molar-refractivity contribution is 6.34. The van der Waals surface area contributed by atoms with Crippen molar-refractivity contribution in [3.63, 3.8) is 0 Å². The summed E-state index contributed by atoms with van der Waals surface area (Å²) in [6.07, 6.45) is 2.22. The Hall–Kier alpha value is -1.80. The smallest absolute Gasteiger partial charge is 0.161 e. The van der Waals surface area contributed by atoms with E-state index < -0.39 is 0 Å². The van der Waals surface area contributed by atoms with Gasteiger partial charge in [-0.2, -0.15) is 0 Å². The molecule has 1 aliphatic heterocycles. The van der Waals surface area contributed by atoms with E-state index in [1.54, 1.807) is 6.92 Å². The minimum Gasteiger partial charge on any atom is -0.338 e. The molecule has 0 radical (unpaired) electrons. The van der Waals surface area contributed by atoms with E-state index in [-0.39, 0.29) is 5.78 Å². The van der Waals surface area contributed by atoms with Crippen molar-refractivity contribution in [2.75, 3.05) is 4.90 Å². The fourth-order valence-electron chi connectivity index (χ4n) is 3.02. The molecule has 1 aliphatic rings. The second-order valence-corrected chi connectivity index (χ2v) is 6.01. The third-order valence-electron chi connectivity index (χ3n) is 4.13. The summed E-state index contributed by atoms with van der Waals surface area (Å²) in [5, 5.41) is 0.523. The van der Waals surface area contributed by atoms with Crippen LogP contribution in [0.3, 0.4) is 0 Å². The molecular weight excluding hydrogens is 282 g/mol. The van der Waals surface area contributed by atoms with E-state index in [0.717, 1.165) is 18.5 Å². The summed E-state index contributed by atoms with van der Waals surface area (Å²) >= 11 is 6.27. The summed E-state index contributed by atoms with van der Waals surface area (Å²) in [6.45, 7) is 3.77. The van der Waals surface area contributed by atoms with Crippen LogP contribution >= 0.6 is 11.6 Å². The van der Waals surface area contributed by atoms with Crippen LogP contribution < -0.4 is 4.90 Å². The maximum atomic E-state index is 11.5. The van der Waals surface area contributed by atoms with E-state index in [4.69, 9.17) is 11.6 Å². The lowest BCUT2D eigenvalue weighted by atomic mass is 9.95. The topological polar surface area (TPSA) is 20.3 Å². The largest absolute Gasteiger partial charge is 0.338 e. The van der Waals surface area contributed by atoms with E-state index in [9.17, 15) is 4.79 Å². The first kappa shape index (κ1) is 14.2. The van der Waals surface area contributed by atoms with Gasteiger partial charge in [-0.25, -0.2) is 0 Å². The van der Waals surface area contributed by atoms with E-state index in [1.165, 1.54) is 11.3 Å².